The van der Waals surface area contributed by atoms with Crippen molar-refractivity contribution in [1.29, 1.82) is 0 Å². The van der Waals surface area contributed by atoms with Crippen LogP contribution in [0, 0.1) is 0 Å². The number of amides is 1. The summed E-state index contributed by atoms with van der Waals surface area (Å²) in [6.45, 7) is 3.57. The first-order chi connectivity index (χ1) is 19.8. The lowest BCUT2D eigenvalue weighted by Gasteiger charge is -2.18. The molecule has 0 bridgehead atoms. The smallest absolute Gasteiger partial charge is 0.338 e. The lowest BCUT2D eigenvalue weighted by Crippen LogP contribution is -2.20. The van der Waals surface area contributed by atoms with Gasteiger partial charge in [-0.2, -0.15) is 0 Å². The molecule has 3 N–H and O–H groups in total. The molecule has 9 heteroatoms. The van der Waals surface area contributed by atoms with Crippen LogP contribution in [0.25, 0.3) is 0 Å². The van der Waals surface area contributed by atoms with Crippen molar-refractivity contribution in [3.8, 4) is 0 Å². The zero-order chi connectivity index (χ0) is 29.2. The number of benzene rings is 4. The quantitative estimate of drug-likeness (QED) is 0.0772. The molecule has 41 heavy (non-hydrogen) atoms. The van der Waals surface area contributed by atoms with E-state index >= 15 is 0 Å². The molecule has 0 aliphatic carbocycles. The van der Waals surface area contributed by atoms with Gasteiger partial charge in [0.05, 0.1) is 12.2 Å². The van der Waals surface area contributed by atoms with E-state index in [2.05, 4.69) is 16.0 Å². The summed E-state index contributed by atoms with van der Waals surface area (Å²) in [4.78, 5) is 37.8. The lowest BCUT2D eigenvalue weighted by atomic mass is 10.1. The lowest BCUT2D eigenvalue weighted by molar-refractivity contribution is -0.115. The minimum atomic E-state index is -0.541. The summed E-state index contributed by atoms with van der Waals surface area (Å²) >= 11 is 6.89. The molecule has 1 atom stereocenters. The molecule has 4 aromatic rings. The van der Waals surface area contributed by atoms with Gasteiger partial charge in [-0.3, -0.25) is 9.59 Å². The molecule has 208 valence electrons. The van der Waals surface area contributed by atoms with Gasteiger partial charge in [0.2, 0.25) is 5.91 Å². The second-order valence-corrected chi connectivity index (χ2v) is 10.5. The fraction of sp³-hybridized carbons (Fsp3) is 0.125. The predicted molar refractivity (Wildman–Crippen MR) is 169 cm³/mol. The first kappa shape index (κ1) is 29.5. The number of Topliss-reactive ketones (excluding diaryl/α,β-unsaturated/α-hetero) is 1. The molecule has 0 heterocycles. The van der Waals surface area contributed by atoms with E-state index in [0.29, 0.717) is 28.5 Å². The molecule has 1 unspecified atom stereocenters. The number of nitrogens with one attached hydrogen (secondary N) is 3. The van der Waals surface area contributed by atoms with E-state index in [1.54, 1.807) is 55.5 Å². The Hall–Kier alpha value is -4.47. The number of carbonyl (C=O) groups excluding carboxylic acids is 3. The van der Waals surface area contributed by atoms with Gasteiger partial charge in [-0.1, -0.05) is 36.4 Å². The minimum absolute atomic E-state index is 0.000890. The van der Waals surface area contributed by atoms with Crippen molar-refractivity contribution < 1.29 is 19.1 Å². The highest BCUT2D eigenvalue weighted by Crippen LogP contribution is 2.37. The van der Waals surface area contributed by atoms with Crippen LogP contribution in [0.4, 0.5) is 17.1 Å². The van der Waals surface area contributed by atoms with E-state index in [-0.39, 0.29) is 11.7 Å². The van der Waals surface area contributed by atoms with E-state index in [0.717, 1.165) is 21.8 Å². The molecule has 1 amide bonds. The molecule has 0 radical (unpaired) electrons. The van der Waals surface area contributed by atoms with E-state index in [9.17, 15) is 14.4 Å². The minimum Gasteiger partial charge on any atom is -0.462 e. The van der Waals surface area contributed by atoms with Crippen molar-refractivity contribution in [3.63, 3.8) is 0 Å². The Morgan fingerprint density at radius 3 is 2.00 bits per heavy atom. The van der Waals surface area contributed by atoms with Crippen LogP contribution >= 0.6 is 24.0 Å². The third kappa shape index (κ3) is 8.51. The van der Waals surface area contributed by atoms with Gasteiger partial charge in [-0.15, -0.1) is 11.8 Å². The van der Waals surface area contributed by atoms with Crippen LogP contribution in [0.15, 0.2) is 108 Å². The molecule has 0 spiro atoms. The third-order valence-electron chi connectivity index (χ3n) is 5.90. The van der Waals surface area contributed by atoms with Gasteiger partial charge in [0.15, 0.2) is 10.9 Å². The highest BCUT2D eigenvalue weighted by Gasteiger charge is 2.22. The van der Waals surface area contributed by atoms with Crippen LogP contribution in [-0.2, 0) is 9.53 Å². The summed E-state index contributed by atoms with van der Waals surface area (Å²) < 4.78 is 5.03. The Balaban J connectivity index is 1.45. The van der Waals surface area contributed by atoms with Crippen LogP contribution in [0.3, 0.4) is 0 Å². The second kappa shape index (κ2) is 14.2. The summed E-state index contributed by atoms with van der Waals surface area (Å²) in [6.07, 6.45) is 0. The monoisotopic (exact) mass is 583 g/mol. The average Bonchev–Trinajstić information content (AvgIpc) is 2.97. The maximum Gasteiger partial charge on any atom is 0.338 e. The van der Waals surface area contributed by atoms with Gasteiger partial charge >= 0.3 is 5.97 Å². The molecular weight excluding hydrogens is 555 g/mol. The Kier molecular flexibility index (Phi) is 10.3. The number of thiocarbonyl (C=S) groups is 1. The zero-order valence-corrected chi connectivity index (χ0v) is 24.2. The molecule has 4 aromatic carbocycles. The molecule has 0 aromatic heterocycles. The number of ketones is 1. The number of hydrogen-bond acceptors (Lipinski definition) is 6. The van der Waals surface area contributed by atoms with Crippen LogP contribution in [0.1, 0.15) is 45.4 Å². The largest absolute Gasteiger partial charge is 0.462 e. The standard InChI is InChI=1S/C32H29N3O4S2/c1-3-39-31(38)24-14-18-25(19-15-24)33-30(37)29(23-8-5-4-6-9-23)41-28-11-7-10-27(20-28)35-32(40)34-26-16-12-22(13-17-26)21(2)36/h4-20,29H,3H2,1-2H3,(H,33,37)(H2,34,35,40). The Morgan fingerprint density at radius 1 is 0.756 bits per heavy atom. The van der Waals surface area contributed by atoms with Crippen molar-refractivity contribution in [3.05, 3.63) is 120 Å². The van der Waals surface area contributed by atoms with Gasteiger partial charge in [-0.25, -0.2) is 4.79 Å². The normalized spacial score (nSPS) is 11.2. The van der Waals surface area contributed by atoms with Crippen molar-refractivity contribution in [2.24, 2.45) is 0 Å². The first-order valence-corrected chi connectivity index (χ1v) is 14.2. The topological polar surface area (TPSA) is 96.5 Å². The van der Waals surface area contributed by atoms with Crippen molar-refractivity contribution in [2.45, 2.75) is 24.0 Å². The SMILES string of the molecule is CCOC(=O)c1ccc(NC(=O)C(Sc2cccc(NC(=S)Nc3ccc(C(C)=O)cc3)c2)c2ccccc2)cc1. The zero-order valence-electron chi connectivity index (χ0n) is 22.5. The molecule has 0 fully saturated rings. The Labute approximate surface area is 248 Å². The third-order valence-corrected chi connectivity index (χ3v) is 7.35. The molecule has 7 nitrogen and oxygen atoms in total. The molecule has 0 aliphatic rings. The average molecular weight is 584 g/mol. The summed E-state index contributed by atoms with van der Waals surface area (Å²) in [5.41, 5.74) is 3.99. The number of carbonyl (C=O) groups is 3. The van der Waals surface area contributed by atoms with Gasteiger partial charge in [0.25, 0.3) is 0 Å². The molecule has 0 saturated heterocycles. The summed E-state index contributed by atoms with van der Waals surface area (Å²) in [6, 6.07) is 30.9. The van der Waals surface area contributed by atoms with Crippen LogP contribution in [0.2, 0.25) is 0 Å². The summed E-state index contributed by atoms with van der Waals surface area (Å²) in [5, 5.41) is 9.11. The summed E-state index contributed by atoms with van der Waals surface area (Å²) in [5.74, 6) is -0.604. The van der Waals surface area contributed by atoms with E-state index in [1.165, 1.54) is 18.7 Å². The fourth-order valence-electron chi connectivity index (χ4n) is 3.88. The van der Waals surface area contributed by atoms with Crippen molar-refractivity contribution >= 4 is 63.8 Å². The maximum absolute atomic E-state index is 13.5. The molecular formula is C32H29N3O4S2. The Morgan fingerprint density at radius 2 is 1.37 bits per heavy atom. The first-order valence-electron chi connectivity index (χ1n) is 12.9. The van der Waals surface area contributed by atoms with E-state index in [1.807, 2.05) is 54.6 Å². The molecule has 0 aliphatic heterocycles. The van der Waals surface area contributed by atoms with E-state index in [4.69, 9.17) is 17.0 Å². The molecule has 4 rings (SSSR count). The molecule has 0 saturated carbocycles. The predicted octanol–water partition coefficient (Wildman–Crippen LogP) is 7.35. The number of anilines is 3. The van der Waals surface area contributed by atoms with Gasteiger partial charge in [0, 0.05) is 27.5 Å². The highest BCUT2D eigenvalue weighted by molar-refractivity contribution is 8.00. The van der Waals surface area contributed by atoms with Crippen LogP contribution in [-0.4, -0.2) is 29.4 Å². The second-order valence-electron chi connectivity index (χ2n) is 8.94. The maximum atomic E-state index is 13.5. The highest BCUT2D eigenvalue weighted by atomic mass is 32.2. The fourth-order valence-corrected chi connectivity index (χ4v) is 5.20. The number of ether oxygens (including phenoxy) is 1. The van der Waals surface area contributed by atoms with Crippen LogP contribution < -0.4 is 16.0 Å². The Bertz CT molecular complexity index is 1530. The van der Waals surface area contributed by atoms with Crippen LogP contribution in [0.5, 0.6) is 0 Å². The van der Waals surface area contributed by atoms with Crippen molar-refractivity contribution in [2.75, 3.05) is 22.6 Å². The summed E-state index contributed by atoms with van der Waals surface area (Å²) in [7, 11) is 0. The van der Waals surface area contributed by atoms with Gasteiger partial charge in [-0.05, 0) is 98.4 Å². The number of thioether (sulfide) groups is 1. The van der Waals surface area contributed by atoms with Gasteiger partial charge < -0.3 is 20.7 Å². The van der Waals surface area contributed by atoms with E-state index < -0.39 is 11.2 Å². The van der Waals surface area contributed by atoms with Crippen molar-refractivity contribution in [1.82, 2.24) is 0 Å². The number of rotatable bonds is 10. The number of esters is 1. The van der Waals surface area contributed by atoms with Gasteiger partial charge in [0.1, 0.15) is 5.25 Å². The number of hydrogen-bond donors (Lipinski definition) is 3.